The summed E-state index contributed by atoms with van der Waals surface area (Å²) in [6.07, 6.45) is 1.42. The molecule has 1 heterocycles. The molecule has 7 nitrogen and oxygen atoms in total. The summed E-state index contributed by atoms with van der Waals surface area (Å²) < 4.78 is 17.5. The summed E-state index contributed by atoms with van der Waals surface area (Å²) in [6.45, 7) is -0.762. The molecule has 0 unspecified atom stereocenters. The maximum Gasteiger partial charge on any atom is 0.277 e. The molecular weight excluding hydrogens is 464 g/mol. The Morgan fingerprint density at radius 3 is 2.83 bits per heavy atom. The number of aromatic nitrogens is 2. The van der Waals surface area contributed by atoms with E-state index in [0.717, 1.165) is 4.47 Å². The second-order valence-electron chi connectivity index (χ2n) is 6.23. The molecule has 0 aliphatic heterocycles. The zero-order valence-corrected chi connectivity index (χ0v) is 17.4. The lowest BCUT2D eigenvalue weighted by Crippen LogP contribution is -2.44. The molecule has 0 aliphatic rings. The van der Waals surface area contributed by atoms with Crippen LogP contribution in [0.15, 0.2) is 35.1 Å². The molecule has 12 heteroatoms. The van der Waals surface area contributed by atoms with Crippen molar-refractivity contribution in [1.29, 1.82) is 0 Å². The van der Waals surface area contributed by atoms with E-state index in [9.17, 15) is 4.79 Å². The number of amides is 1. The highest BCUT2D eigenvalue weighted by atomic mass is 79.9. The SMILES string of the molecule is [B]C([B])(CO)ONC(=O)c1cc2c(ncn2C)c(F)c1Nc1ccc(Br)cc1Cl. The number of imidazole rings is 1. The van der Waals surface area contributed by atoms with Crippen molar-refractivity contribution >= 4 is 71.5 Å². The highest BCUT2D eigenvalue weighted by molar-refractivity contribution is 9.10. The van der Waals surface area contributed by atoms with Crippen LogP contribution >= 0.6 is 27.5 Å². The minimum atomic E-state index is -2.01. The fourth-order valence-corrected chi connectivity index (χ4v) is 3.20. The number of fused-ring (bicyclic) bond motifs is 1. The second kappa shape index (κ2) is 8.35. The molecule has 4 radical (unpaired) electrons. The third-order valence-corrected chi connectivity index (χ3v) is 4.78. The topological polar surface area (TPSA) is 88.4 Å². The van der Waals surface area contributed by atoms with Crippen molar-refractivity contribution in [1.82, 2.24) is 15.0 Å². The lowest BCUT2D eigenvalue weighted by atomic mass is 9.66. The standard InChI is InChI=1S/C17H13B2BrClFN4O3/c1-26-7-23-15-12(26)5-9(16(28)25-29-17(18,19)6-27)14(13(15)22)24-11-3-2-8(20)4-10(11)21/h2-5,7,24,27H,6H2,1H3,(H,25,28). The number of anilines is 2. The van der Waals surface area contributed by atoms with Gasteiger partial charge >= 0.3 is 0 Å². The number of benzene rings is 2. The summed E-state index contributed by atoms with van der Waals surface area (Å²) in [5, 5.41) is 10.2. The van der Waals surface area contributed by atoms with Crippen molar-refractivity contribution in [2.24, 2.45) is 7.05 Å². The Kier molecular flexibility index (Phi) is 6.23. The molecular formula is C17H13B2BrClFN4O3. The molecule has 146 valence electrons. The van der Waals surface area contributed by atoms with Gasteiger partial charge in [-0.2, -0.15) is 0 Å². The predicted octanol–water partition coefficient (Wildman–Crippen LogP) is 2.52. The quantitative estimate of drug-likeness (QED) is 0.375. The number of carbonyl (C=O) groups excluding carboxylic acids is 1. The first-order chi connectivity index (χ1) is 13.6. The van der Waals surface area contributed by atoms with Crippen LogP contribution in [-0.2, 0) is 11.9 Å². The number of aliphatic hydroxyl groups excluding tert-OH is 1. The van der Waals surface area contributed by atoms with Gasteiger partial charge in [0.25, 0.3) is 5.91 Å². The Morgan fingerprint density at radius 2 is 2.17 bits per heavy atom. The van der Waals surface area contributed by atoms with Gasteiger partial charge in [0.1, 0.15) is 21.2 Å². The second-order valence-corrected chi connectivity index (χ2v) is 7.55. The molecule has 0 fully saturated rings. The number of carbonyl (C=O) groups is 1. The number of halogens is 3. The molecule has 29 heavy (non-hydrogen) atoms. The Labute approximate surface area is 181 Å². The van der Waals surface area contributed by atoms with Gasteiger partial charge in [0.15, 0.2) is 5.82 Å². The molecule has 0 atom stereocenters. The summed E-state index contributed by atoms with van der Waals surface area (Å²) in [7, 11) is 12.5. The van der Waals surface area contributed by atoms with Crippen LogP contribution < -0.4 is 10.8 Å². The van der Waals surface area contributed by atoms with Crippen molar-refractivity contribution in [3.8, 4) is 0 Å². The van der Waals surface area contributed by atoms with Crippen LogP contribution in [0.25, 0.3) is 11.0 Å². The van der Waals surface area contributed by atoms with Gasteiger partial charge in [-0.1, -0.05) is 27.5 Å². The van der Waals surface area contributed by atoms with E-state index in [1.54, 1.807) is 29.8 Å². The first-order valence-corrected chi connectivity index (χ1v) is 9.32. The molecule has 3 aromatic rings. The van der Waals surface area contributed by atoms with Crippen LogP contribution in [0.1, 0.15) is 10.4 Å². The molecule has 0 bridgehead atoms. The van der Waals surface area contributed by atoms with Gasteiger partial charge in [0.2, 0.25) is 0 Å². The van der Waals surface area contributed by atoms with E-state index in [2.05, 4.69) is 26.2 Å². The molecule has 0 aliphatic carbocycles. The maximum absolute atomic E-state index is 15.2. The van der Waals surface area contributed by atoms with Gasteiger partial charge in [-0.25, -0.2) is 14.9 Å². The molecule has 0 saturated carbocycles. The highest BCUT2D eigenvalue weighted by Gasteiger charge is 2.24. The number of hydrogen-bond acceptors (Lipinski definition) is 5. The third-order valence-electron chi connectivity index (χ3n) is 3.98. The van der Waals surface area contributed by atoms with E-state index < -0.39 is 23.7 Å². The van der Waals surface area contributed by atoms with Crippen molar-refractivity contribution in [3.63, 3.8) is 0 Å². The van der Waals surface area contributed by atoms with Crippen molar-refractivity contribution in [2.45, 2.75) is 5.40 Å². The van der Waals surface area contributed by atoms with E-state index >= 15 is 4.39 Å². The van der Waals surface area contributed by atoms with E-state index in [4.69, 9.17) is 37.2 Å². The molecule has 0 spiro atoms. The number of aliphatic hydroxyl groups is 1. The number of nitrogens with zero attached hydrogens (tertiary/aromatic N) is 2. The average Bonchev–Trinajstić information content (AvgIpc) is 3.05. The maximum atomic E-state index is 15.2. The van der Waals surface area contributed by atoms with E-state index in [1.165, 1.54) is 12.4 Å². The summed E-state index contributed by atoms with van der Waals surface area (Å²) in [6, 6.07) is 6.35. The lowest BCUT2D eigenvalue weighted by molar-refractivity contribution is -0.0235. The lowest BCUT2D eigenvalue weighted by Gasteiger charge is -2.23. The minimum Gasteiger partial charge on any atom is -0.395 e. The fraction of sp³-hybridized carbons (Fsp3) is 0.176. The van der Waals surface area contributed by atoms with Gasteiger partial charge < -0.3 is 15.0 Å². The Balaban J connectivity index is 2.07. The first kappa shape index (κ1) is 21.6. The normalized spacial score (nSPS) is 11.6. The molecule has 0 saturated heterocycles. The van der Waals surface area contributed by atoms with Crippen LogP contribution in [0.5, 0.6) is 0 Å². The zero-order chi connectivity index (χ0) is 21.3. The van der Waals surface area contributed by atoms with Gasteiger partial charge in [-0.3, -0.25) is 9.63 Å². The summed E-state index contributed by atoms with van der Waals surface area (Å²) in [5.74, 6) is -1.61. The number of hydroxylamine groups is 1. The first-order valence-electron chi connectivity index (χ1n) is 8.15. The number of rotatable bonds is 6. The van der Waals surface area contributed by atoms with Crippen LogP contribution in [0, 0.1) is 5.82 Å². The highest BCUT2D eigenvalue weighted by Crippen LogP contribution is 2.34. The molecule has 1 amide bonds. The van der Waals surface area contributed by atoms with Crippen LogP contribution in [0.3, 0.4) is 0 Å². The van der Waals surface area contributed by atoms with Gasteiger partial charge in [-0.05, 0) is 24.3 Å². The fourth-order valence-electron chi connectivity index (χ4n) is 2.48. The number of aryl methyl sites for hydroxylation is 1. The van der Waals surface area contributed by atoms with E-state index in [-0.39, 0.29) is 16.8 Å². The molecule has 3 N–H and O–H groups in total. The van der Waals surface area contributed by atoms with Crippen molar-refractivity contribution in [2.75, 3.05) is 11.9 Å². The largest absolute Gasteiger partial charge is 0.395 e. The van der Waals surface area contributed by atoms with Crippen LogP contribution in [0.2, 0.25) is 5.02 Å². The van der Waals surface area contributed by atoms with Crippen molar-refractivity contribution in [3.05, 3.63) is 51.5 Å². The third kappa shape index (κ3) is 4.58. The van der Waals surface area contributed by atoms with Crippen LogP contribution in [-0.4, -0.2) is 48.3 Å². The molecule has 3 rings (SSSR count). The molecule has 1 aromatic heterocycles. The number of nitrogens with one attached hydrogen (secondary N) is 2. The van der Waals surface area contributed by atoms with Gasteiger partial charge in [-0.15, -0.1) is 0 Å². The summed E-state index contributed by atoms with van der Waals surface area (Å²) in [4.78, 5) is 21.5. The number of hydrogen-bond donors (Lipinski definition) is 3. The smallest absolute Gasteiger partial charge is 0.277 e. The van der Waals surface area contributed by atoms with Crippen LogP contribution in [0.4, 0.5) is 15.8 Å². The Morgan fingerprint density at radius 1 is 1.45 bits per heavy atom. The minimum absolute atomic E-state index is 0.0584. The zero-order valence-electron chi connectivity index (χ0n) is 15.0. The molecule has 2 aromatic carbocycles. The Bertz CT molecular complexity index is 1100. The summed E-state index contributed by atoms with van der Waals surface area (Å²) in [5.41, 5.74) is 2.51. The predicted molar refractivity (Wildman–Crippen MR) is 113 cm³/mol. The monoisotopic (exact) mass is 476 g/mol. The average molecular weight is 477 g/mol. The van der Waals surface area contributed by atoms with E-state index in [0.29, 0.717) is 16.2 Å². The Hall–Kier alpha value is -2.07. The van der Waals surface area contributed by atoms with E-state index in [1.807, 2.05) is 5.48 Å². The van der Waals surface area contributed by atoms with Gasteiger partial charge in [0.05, 0.1) is 40.4 Å². The summed E-state index contributed by atoms with van der Waals surface area (Å²) >= 11 is 9.50. The van der Waals surface area contributed by atoms with Crippen molar-refractivity contribution < 1.29 is 19.1 Å². The van der Waals surface area contributed by atoms with Gasteiger partial charge in [0, 0.05) is 16.9 Å².